The second-order valence-electron chi connectivity index (χ2n) is 5.19. The van der Waals surface area contributed by atoms with Crippen molar-refractivity contribution in [1.29, 1.82) is 0 Å². The highest BCUT2D eigenvalue weighted by atomic mass is 16.5. The Morgan fingerprint density at radius 3 is 2.90 bits per heavy atom. The smallest absolute Gasteiger partial charge is 0.193 e. The van der Waals surface area contributed by atoms with Crippen LogP contribution in [0.4, 0.5) is 5.69 Å². The maximum absolute atomic E-state index is 12.6. The molecule has 0 amide bonds. The molecule has 21 heavy (non-hydrogen) atoms. The summed E-state index contributed by atoms with van der Waals surface area (Å²) >= 11 is 0. The van der Waals surface area contributed by atoms with Crippen molar-refractivity contribution in [2.45, 2.75) is 19.8 Å². The molecule has 0 unspecified atom stereocenters. The summed E-state index contributed by atoms with van der Waals surface area (Å²) in [4.78, 5) is 12.6. The summed E-state index contributed by atoms with van der Waals surface area (Å²) in [6, 6.07) is 13.3. The fourth-order valence-corrected chi connectivity index (χ4v) is 2.68. The molecule has 0 radical (unpaired) electrons. The van der Waals surface area contributed by atoms with E-state index < -0.39 is 0 Å². The fraction of sp³-hybridized carbons (Fsp3) is 0.278. The summed E-state index contributed by atoms with van der Waals surface area (Å²) in [6.45, 7) is 3.55. The Bertz CT molecular complexity index is 664. The third-order valence-electron chi connectivity index (χ3n) is 3.71. The first-order valence-electron chi connectivity index (χ1n) is 7.42. The number of ketones is 1. The second-order valence-corrected chi connectivity index (χ2v) is 5.19. The largest absolute Gasteiger partial charge is 0.494 e. The highest BCUT2D eigenvalue weighted by molar-refractivity contribution is 6.09. The number of benzene rings is 2. The standard InChI is InChI=1S/C18H19NO2/c1-2-21-16-7-3-5-14(12-16)18(20)15-8-9-17-13(11-15)6-4-10-19-17/h3,5,7-9,11-12,19H,2,4,6,10H2,1H3. The van der Waals surface area contributed by atoms with Crippen molar-refractivity contribution in [3.8, 4) is 5.75 Å². The molecule has 0 aromatic heterocycles. The predicted octanol–water partition coefficient (Wildman–Crippen LogP) is 3.67. The number of carbonyl (C=O) groups is 1. The first-order chi connectivity index (χ1) is 10.3. The van der Waals surface area contributed by atoms with E-state index in [2.05, 4.69) is 5.32 Å². The summed E-state index contributed by atoms with van der Waals surface area (Å²) in [5.74, 6) is 0.785. The maximum Gasteiger partial charge on any atom is 0.193 e. The van der Waals surface area contributed by atoms with E-state index in [0.29, 0.717) is 12.2 Å². The fourth-order valence-electron chi connectivity index (χ4n) is 2.68. The van der Waals surface area contributed by atoms with Gasteiger partial charge in [0.25, 0.3) is 0 Å². The van der Waals surface area contributed by atoms with Crippen LogP contribution < -0.4 is 10.1 Å². The third kappa shape index (κ3) is 2.92. The molecule has 0 saturated carbocycles. The number of anilines is 1. The Morgan fingerprint density at radius 1 is 1.19 bits per heavy atom. The highest BCUT2D eigenvalue weighted by Crippen LogP contribution is 2.25. The van der Waals surface area contributed by atoms with Crippen LogP contribution in [0.3, 0.4) is 0 Å². The van der Waals surface area contributed by atoms with Gasteiger partial charge >= 0.3 is 0 Å². The predicted molar refractivity (Wildman–Crippen MR) is 84.3 cm³/mol. The number of carbonyl (C=O) groups excluding carboxylic acids is 1. The first kappa shape index (κ1) is 13.7. The lowest BCUT2D eigenvalue weighted by Gasteiger charge is -2.18. The molecule has 3 heteroatoms. The van der Waals surface area contributed by atoms with Crippen LogP contribution in [-0.2, 0) is 6.42 Å². The first-order valence-corrected chi connectivity index (χ1v) is 7.42. The van der Waals surface area contributed by atoms with Gasteiger partial charge in [-0.05, 0) is 55.7 Å². The lowest BCUT2D eigenvalue weighted by Crippen LogP contribution is -2.12. The van der Waals surface area contributed by atoms with E-state index >= 15 is 0 Å². The Balaban J connectivity index is 1.89. The van der Waals surface area contributed by atoms with Gasteiger partial charge in [0, 0.05) is 23.4 Å². The van der Waals surface area contributed by atoms with E-state index in [4.69, 9.17) is 4.74 Å². The SMILES string of the molecule is CCOc1cccc(C(=O)c2ccc3c(c2)CCCN3)c1. The molecule has 0 fully saturated rings. The van der Waals surface area contributed by atoms with Crippen molar-refractivity contribution >= 4 is 11.5 Å². The van der Waals surface area contributed by atoms with Crippen LogP contribution >= 0.6 is 0 Å². The third-order valence-corrected chi connectivity index (χ3v) is 3.71. The summed E-state index contributed by atoms with van der Waals surface area (Å²) in [7, 11) is 0. The summed E-state index contributed by atoms with van der Waals surface area (Å²) in [6.07, 6.45) is 2.15. The van der Waals surface area contributed by atoms with Crippen molar-refractivity contribution < 1.29 is 9.53 Å². The minimum Gasteiger partial charge on any atom is -0.494 e. The normalized spacial score (nSPS) is 13.2. The molecule has 108 valence electrons. The van der Waals surface area contributed by atoms with Crippen molar-refractivity contribution in [3.05, 3.63) is 59.2 Å². The molecule has 3 rings (SSSR count). The van der Waals surface area contributed by atoms with Crippen LogP contribution in [0.2, 0.25) is 0 Å². The lowest BCUT2D eigenvalue weighted by molar-refractivity contribution is 0.103. The van der Waals surface area contributed by atoms with Crippen LogP contribution in [0.15, 0.2) is 42.5 Å². The van der Waals surface area contributed by atoms with Gasteiger partial charge in [0.2, 0.25) is 0 Å². The molecule has 3 nitrogen and oxygen atoms in total. The number of ether oxygens (including phenoxy) is 1. The summed E-state index contributed by atoms with van der Waals surface area (Å²) in [5, 5.41) is 3.36. The van der Waals surface area contributed by atoms with Gasteiger partial charge in [-0.3, -0.25) is 4.79 Å². The van der Waals surface area contributed by atoms with Crippen molar-refractivity contribution in [1.82, 2.24) is 0 Å². The van der Waals surface area contributed by atoms with E-state index in [9.17, 15) is 4.79 Å². The second kappa shape index (κ2) is 6.00. The molecule has 0 bridgehead atoms. The van der Waals surface area contributed by atoms with Gasteiger partial charge in [-0.2, -0.15) is 0 Å². The number of aryl methyl sites for hydroxylation is 1. The van der Waals surface area contributed by atoms with Crippen molar-refractivity contribution in [3.63, 3.8) is 0 Å². The minimum atomic E-state index is 0.0462. The molecule has 2 aromatic carbocycles. The van der Waals surface area contributed by atoms with Gasteiger partial charge in [-0.15, -0.1) is 0 Å². The molecule has 1 N–H and O–H groups in total. The average molecular weight is 281 g/mol. The van der Waals surface area contributed by atoms with Gasteiger partial charge in [-0.25, -0.2) is 0 Å². The number of nitrogens with one attached hydrogen (secondary N) is 1. The van der Waals surface area contributed by atoms with Gasteiger partial charge in [-0.1, -0.05) is 12.1 Å². The van der Waals surface area contributed by atoms with E-state index in [1.165, 1.54) is 5.56 Å². The molecule has 0 saturated heterocycles. The zero-order valence-corrected chi connectivity index (χ0v) is 12.2. The van der Waals surface area contributed by atoms with Crippen LogP contribution in [0.1, 0.15) is 34.8 Å². The monoisotopic (exact) mass is 281 g/mol. The van der Waals surface area contributed by atoms with E-state index in [1.807, 2.05) is 49.4 Å². The Kier molecular flexibility index (Phi) is 3.91. The molecule has 0 atom stereocenters. The Morgan fingerprint density at radius 2 is 2.05 bits per heavy atom. The molecule has 0 spiro atoms. The molecule has 1 aliphatic heterocycles. The molecular formula is C18H19NO2. The summed E-state index contributed by atoms with van der Waals surface area (Å²) < 4.78 is 5.46. The van der Waals surface area contributed by atoms with Crippen molar-refractivity contribution in [2.24, 2.45) is 0 Å². The Labute approximate surface area is 124 Å². The summed E-state index contributed by atoms with van der Waals surface area (Å²) in [5.41, 5.74) is 3.80. The van der Waals surface area contributed by atoms with Gasteiger partial charge < -0.3 is 10.1 Å². The van der Waals surface area contributed by atoms with Crippen LogP contribution in [0, 0.1) is 0 Å². The zero-order valence-electron chi connectivity index (χ0n) is 12.2. The molecule has 0 aliphatic carbocycles. The van der Waals surface area contributed by atoms with Crippen LogP contribution in [0.5, 0.6) is 5.75 Å². The van der Waals surface area contributed by atoms with Crippen LogP contribution in [0.25, 0.3) is 0 Å². The van der Waals surface area contributed by atoms with Gasteiger partial charge in [0.15, 0.2) is 5.78 Å². The molecule has 1 aliphatic rings. The maximum atomic E-state index is 12.6. The quantitative estimate of drug-likeness (QED) is 0.869. The van der Waals surface area contributed by atoms with Gasteiger partial charge in [0.1, 0.15) is 5.75 Å². The Hall–Kier alpha value is -2.29. The van der Waals surface area contributed by atoms with E-state index in [0.717, 1.165) is 36.4 Å². The molecule has 1 heterocycles. The number of hydrogen-bond donors (Lipinski definition) is 1. The lowest BCUT2D eigenvalue weighted by atomic mass is 9.96. The molecule has 2 aromatic rings. The van der Waals surface area contributed by atoms with Crippen molar-refractivity contribution in [2.75, 3.05) is 18.5 Å². The van der Waals surface area contributed by atoms with Gasteiger partial charge in [0.05, 0.1) is 6.61 Å². The number of rotatable bonds is 4. The number of fused-ring (bicyclic) bond motifs is 1. The zero-order chi connectivity index (χ0) is 14.7. The highest BCUT2D eigenvalue weighted by Gasteiger charge is 2.14. The van der Waals surface area contributed by atoms with Crippen LogP contribution in [-0.4, -0.2) is 18.9 Å². The van der Waals surface area contributed by atoms with E-state index in [-0.39, 0.29) is 5.78 Å². The van der Waals surface area contributed by atoms with E-state index in [1.54, 1.807) is 0 Å². The minimum absolute atomic E-state index is 0.0462. The molecular weight excluding hydrogens is 262 g/mol. The topological polar surface area (TPSA) is 38.3 Å². The number of hydrogen-bond acceptors (Lipinski definition) is 3. The average Bonchev–Trinajstić information content (AvgIpc) is 2.54.